The normalized spacial score (nSPS) is 18.1. The third-order valence-corrected chi connectivity index (χ3v) is 4.75. The molecule has 2 aromatic rings. The summed E-state index contributed by atoms with van der Waals surface area (Å²) in [4.78, 5) is 24.6. The number of hydrogen-bond donors (Lipinski definition) is 2. The quantitative estimate of drug-likeness (QED) is 0.805. The molecule has 1 saturated carbocycles. The van der Waals surface area contributed by atoms with Crippen molar-refractivity contribution in [1.29, 1.82) is 0 Å². The maximum atomic E-state index is 12.3. The number of para-hydroxylation sites is 2. The van der Waals surface area contributed by atoms with Gasteiger partial charge in [0.1, 0.15) is 5.75 Å². The van der Waals surface area contributed by atoms with E-state index in [9.17, 15) is 9.59 Å². The first kappa shape index (κ1) is 18.0. The molecule has 5 nitrogen and oxygen atoms in total. The minimum atomic E-state index is -0.235. The Morgan fingerprint density at radius 3 is 2.50 bits per heavy atom. The van der Waals surface area contributed by atoms with E-state index in [1.165, 1.54) is 0 Å². The molecular formula is C21H24N2O3. The largest absolute Gasteiger partial charge is 0.496 e. The third kappa shape index (κ3) is 4.23. The topological polar surface area (TPSA) is 67.4 Å². The molecular weight excluding hydrogens is 328 g/mol. The van der Waals surface area contributed by atoms with Crippen LogP contribution < -0.4 is 15.4 Å². The number of anilines is 1. The van der Waals surface area contributed by atoms with Gasteiger partial charge in [-0.3, -0.25) is 9.59 Å². The minimum Gasteiger partial charge on any atom is -0.496 e. The van der Waals surface area contributed by atoms with Crippen LogP contribution in [-0.4, -0.2) is 25.5 Å². The number of carbonyl (C=O) groups excluding carboxylic acids is 2. The van der Waals surface area contributed by atoms with Gasteiger partial charge in [-0.15, -0.1) is 0 Å². The fraction of sp³-hybridized carbons (Fsp3) is 0.333. The molecule has 2 amide bonds. The maximum absolute atomic E-state index is 12.3. The fourth-order valence-electron chi connectivity index (χ4n) is 3.07. The lowest BCUT2D eigenvalue weighted by molar-refractivity contribution is -0.125. The maximum Gasteiger partial charge on any atom is 0.228 e. The van der Waals surface area contributed by atoms with Crippen molar-refractivity contribution in [3.8, 4) is 5.75 Å². The average molecular weight is 352 g/mol. The standard InChI is InChI=1S/C21H24N2O3/c1-14-7-3-5-9-18(14)23-21(25)17-13-16(17)20(24)22-12-11-15-8-4-6-10-19(15)26-2/h3-10,16-17H,11-13H2,1-2H3,(H,22,24)(H,23,25). The van der Waals surface area contributed by atoms with Crippen molar-refractivity contribution >= 4 is 17.5 Å². The number of benzene rings is 2. The summed E-state index contributed by atoms with van der Waals surface area (Å²) in [5.74, 6) is 0.232. The van der Waals surface area contributed by atoms with Crippen LogP contribution in [0.2, 0.25) is 0 Å². The van der Waals surface area contributed by atoms with Crippen LogP contribution in [0.25, 0.3) is 0 Å². The van der Waals surface area contributed by atoms with Crippen molar-refractivity contribution in [3.63, 3.8) is 0 Å². The van der Waals surface area contributed by atoms with Crippen molar-refractivity contribution in [1.82, 2.24) is 5.32 Å². The number of methoxy groups -OCH3 is 1. The highest BCUT2D eigenvalue weighted by Gasteiger charge is 2.47. The van der Waals surface area contributed by atoms with E-state index in [4.69, 9.17) is 4.74 Å². The monoisotopic (exact) mass is 352 g/mol. The zero-order chi connectivity index (χ0) is 18.5. The Balaban J connectivity index is 1.45. The van der Waals surface area contributed by atoms with Gasteiger partial charge in [-0.2, -0.15) is 0 Å². The summed E-state index contributed by atoms with van der Waals surface area (Å²) in [5.41, 5.74) is 2.87. The summed E-state index contributed by atoms with van der Waals surface area (Å²) in [6.07, 6.45) is 1.31. The molecule has 2 unspecified atom stereocenters. The molecule has 26 heavy (non-hydrogen) atoms. The van der Waals surface area contributed by atoms with E-state index < -0.39 is 0 Å². The van der Waals surface area contributed by atoms with Crippen molar-refractivity contribution in [2.75, 3.05) is 19.0 Å². The summed E-state index contributed by atoms with van der Waals surface area (Å²) in [6.45, 7) is 2.48. The Labute approximate surface area is 153 Å². The zero-order valence-electron chi connectivity index (χ0n) is 15.1. The highest BCUT2D eigenvalue weighted by molar-refractivity contribution is 5.99. The summed E-state index contributed by atoms with van der Waals surface area (Å²) < 4.78 is 5.31. The van der Waals surface area contributed by atoms with Gasteiger partial charge in [0.05, 0.1) is 18.9 Å². The molecule has 2 aromatic carbocycles. The van der Waals surface area contributed by atoms with E-state index in [-0.39, 0.29) is 23.7 Å². The highest BCUT2D eigenvalue weighted by atomic mass is 16.5. The molecule has 0 spiro atoms. The van der Waals surface area contributed by atoms with Crippen LogP contribution >= 0.6 is 0 Å². The lowest BCUT2D eigenvalue weighted by Crippen LogP contribution is -2.29. The number of rotatable bonds is 7. The number of aryl methyl sites for hydroxylation is 1. The van der Waals surface area contributed by atoms with Crippen LogP contribution in [0, 0.1) is 18.8 Å². The smallest absolute Gasteiger partial charge is 0.228 e. The van der Waals surface area contributed by atoms with Gasteiger partial charge in [-0.25, -0.2) is 0 Å². The van der Waals surface area contributed by atoms with Gasteiger partial charge in [-0.1, -0.05) is 36.4 Å². The number of nitrogens with one attached hydrogen (secondary N) is 2. The van der Waals surface area contributed by atoms with Gasteiger partial charge < -0.3 is 15.4 Å². The number of carbonyl (C=O) groups is 2. The van der Waals surface area contributed by atoms with Crippen LogP contribution in [0.3, 0.4) is 0 Å². The van der Waals surface area contributed by atoms with Crippen molar-refractivity contribution < 1.29 is 14.3 Å². The summed E-state index contributed by atoms with van der Waals surface area (Å²) in [6, 6.07) is 15.4. The van der Waals surface area contributed by atoms with Crippen molar-refractivity contribution in [2.45, 2.75) is 19.8 Å². The predicted molar refractivity (Wildman–Crippen MR) is 101 cm³/mol. The van der Waals surface area contributed by atoms with Crippen LogP contribution in [-0.2, 0) is 16.0 Å². The van der Waals surface area contributed by atoms with Gasteiger partial charge in [0.2, 0.25) is 11.8 Å². The van der Waals surface area contributed by atoms with Gasteiger partial charge >= 0.3 is 0 Å². The van der Waals surface area contributed by atoms with E-state index >= 15 is 0 Å². The molecule has 136 valence electrons. The third-order valence-electron chi connectivity index (χ3n) is 4.75. The second-order valence-electron chi connectivity index (χ2n) is 6.61. The molecule has 1 fully saturated rings. The van der Waals surface area contributed by atoms with Crippen LogP contribution in [0.15, 0.2) is 48.5 Å². The van der Waals surface area contributed by atoms with Crippen LogP contribution in [0.4, 0.5) is 5.69 Å². The SMILES string of the molecule is COc1ccccc1CCNC(=O)C1CC1C(=O)Nc1ccccc1C. The second kappa shape index (κ2) is 8.04. The van der Waals surface area contributed by atoms with Crippen molar-refractivity contribution in [3.05, 3.63) is 59.7 Å². The van der Waals surface area contributed by atoms with E-state index in [2.05, 4.69) is 10.6 Å². The Morgan fingerprint density at radius 1 is 1.04 bits per heavy atom. The van der Waals surface area contributed by atoms with Gasteiger partial charge in [0.25, 0.3) is 0 Å². The Kier molecular flexibility index (Phi) is 5.56. The van der Waals surface area contributed by atoms with Gasteiger partial charge in [0.15, 0.2) is 0 Å². The molecule has 0 heterocycles. The first-order chi connectivity index (χ1) is 12.6. The van der Waals surface area contributed by atoms with Crippen molar-refractivity contribution in [2.24, 2.45) is 11.8 Å². The van der Waals surface area contributed by atoms with E-state index in [0.717, 1.165) is 22.6 Å². The molecule has 0 radical (unpaired) electrons. The summed E-state index contributed by atoms with van der Waals surface area (Å²) in [7, 11) is 1.64. The van der Waals surface area contributed by atoms with Gasteiger partial charge in [0, 0.05) is 12.2 Å². The fourth-order valence-corrected chi connectivity index (χ4v) is 3.07. The average Bonchev–Trinajstić information content (AvgIpc) is 3.45. The highest BCUT2D eigenvalue weighted by Crippen LogP contribution is 2.39. The molecule has 3 rings (SSSR count). The first-order valence-electron chi connectivity index (χ1n) is 8.86. The summed E-state index contributed by atoms with van der Waals surface area (Å²) >= 11 is 0. The number of hydrogen-bond acceptors (Lipinski definition) is 3. The van der Waals surface area contributed by atoms with Crippen LogP contribution in [0.5, 0.6) is 5.75 Å². The molecule has 1 aliphatic rings. The van der Waals surface area contributed by atoms with Crippen LogP contribution in [0.1, 0.15) is 17.5 Å². The lowest BCUT2D eigenvalue weighted by Gasteiger charge is -2.09. The molecule has 1 aliphatic carbocycles. The number of amides is 2. The molecule has 0 aliphatic heterocycles. The molecule has 0 aromatic heterocycles. The van der Waals surface area contributed by atoms with E-state index in [0.29, 0.717) is 19.4 Å². The minimum absolute atomic E-state index is 0.0511. The lowest BCUT2D eigenvalue weighted by atomic mass is 10.1. The van der Waals surface area contributed by atoms with E-state index in [1.807, 2.05) is 55.5 Å². The zero-order valence-corrected chi connectivity index (χ0v) is 15.1. The molecule has 5 heteroatoms. The number of ether oxygens (including phenoxy) is 1. The molecule has 0 saturated heterocycles. The summed E-state index contributed by atoms with van der Waals surface area (Å²) in [5, 5.41) is 5.85. The predicted octanol–water partition coefficient (Wildman–Crippen LogP) is 2.94. The Morgan fingerprint density at radius 2 is 1.73 bits per heavy atom. The van der Waals surface area contributed by atoms with E-state index in [1.54, 1.807) is 7.11 Å². The van der Waals surface area contributed by atoms with Gasteiger partial charge in [-0.05, 0) is 43.0 Å². The second-order valence-corrected chi connectivity index (χ2v) is 6.61. The molecule has 2 N–H and O–H groups in total. The Bertz CT molecular complexity index is 803. The first-order valence-corrected chi connectivity index (χ1v) is 8.86. The molecule has 2 atom stereocenters. The molecule has 0 bridgehead atoms. The Hall–Kier alpha value is -2.82.